The Morgan fingerprint density at radius 2 is 2.00 bits per heavy atom. The molecular weight excluding hydrogens is 155 g/mol. The van der Waals surface area contributed by atoms with Gasteiger partial charge < -0.3 is 5.11 Å². The first-order valence-corrected chi connectivity index (χ1v) is 2.96. The summed E-state index contributed by atoms with van der Waals surface area (Å²) in [4.78, 5) is 0. The molecule has 0 rings (SSSR count). The van der Waals surface area contributed by atoms with Gasteiger partial charge in [0.05, 0.1) is 6.61 Å². The van der Waals surface area contributed by atoms with E-state index >= 15 is 0 Å². The van der Waals surface area contributed by atoms with Crippen molar-refractivity contribution < 1.29 is 18.3 Å². The Bertz CT molecular complexity index is 75.9. The number of alkyl halides is 3. The lowest BCUT2D eigenvalue weighted by Crippen LogP contribution is -2.16. The standard InChI is InChI=1S/C3H6F3NOS/c4-3(5,6)9-7-1-2-8/h7-8H,1-2H2. The first-order chi connectivity index (χ1) is 4.06. The molecule has 2 nitrogen and oxygen atoms in total. The molecule has 0 radical (unpaired) electrons. The molecule has 0 amide bonds. The third-order valence-electron chi connectivity index (χ3n) is 0.402. The number of hydrogen-bond acceptors (Lipinski definition) is 3. The average Bonchev–Trinajstić information content (AvgIpc) is 1.63. The Labute approximate surface area is 54.6 Å². The summed E-state index contributed by atoms with van der Waals surface area (Å²) in [6.45, 7) is -0.340. The van der Waals surface area contributed by atoms with E-state index in [1.165, 1.54) is 0 Å². The largest absolute Gasteiger partial charge is 0.456 e. The van der Waals surface area contributed by atoms with Crippen molar-refractivity contribution in [3.05, 3.63) is 0 Å². The zero-order valence-electron chi connectivity index (χ0n) is 4.40. The molecule has 9 heavy (non-hydrogen) atoms. The topological polar surface area (TPSA) is 32.3 Å². The number of nitrogens with one attached hydrogen (secondary N) is 1. The number of aliphatic hydroxyl groups is 1. The van der Waals surface area contributed by atoms with Crippen molar-refractivity contribution in [1.29, 1.82) is 0 Å². The van der Waals surface area contributed by atoms with E-state index in [1.54, 1.807) is 0 Å². The van der Waals surface area contributed by atoms with Gasteiger partial charge in [-0.1, -0.05) is 0 Å². The first kappa shape index (κ1) is 9.06. The molecule has 0 saturated heterocycles. The average molecular weight is 161 g/mol. The van der Waals surface area contributed by atoms with Gasteiger partial charge in [0.25, 0.3) is 0 Å². The predicted octanol–water partition coefficient (Wildman–Crippen LogP) is 0.736. The van der Waals surface area contributed by atoms with Crippen LogP contribution in [0.1, 0.15) is 0 Å². The smallest absolute Gasteiger partial charge is 0.395 e. The highest BCUT2D eigenvalue weighted by atomic mass is 32.2. The summed E-state index contributed by atoms with van der Waals surface area (Å²) in [5.74, 6) is 0. The molecular formula is C3H6F3NOS. The third kappa shape index (κ3) is 8.06. The van der Waals surface area contributed by atoms with Crippen LogP contribution in [0.5, 0.6) is 0 Å². The van der Waals surface area contributed by atoms with E-state index < -0.39 is 5.51 Å². The van der Waals surface area contributed by atoms with Gasteiger partial charge in [-0.3, -0.25) is 4.72 Å². The van der Waals surface area contributed by atoms with Gasteiger partial charge in [-0.2, -0.15) is 13.2 Å². The van der Waals surface area contributed by atoms with Gasteiger partial charge in [-0.05, 0) is 0 Å². The zero-order chi connectivity index (χ0) is 7.33. The Hall–Kier alpha value is 0.0600. The molecule has 0 heterocycles. The molecule has 0 aromatic rings. The Morgan fingerprint density at radius 3 is 2.33 bits per heavy atom. The second-order valence-electron chi connectivity index (χ2n) is 1.17. The molecule has 0 aliphatic carbocycles. The highest BCUT2D eigenvalue weighted by Gasteiger charge is 2.27. The summed E-state index contributed by atoms with van der Waals surface area (Å²) in [5, 5.41) is 8.02. The van der Waals surface area contributed by atoms with E-state index in [9.17, 15) is 13.2 Å². The summed E-state index contributed by atoms with van der Waals surface area (Å²) in [6.07, 6.45) is 0. The summed E-state index contributed by atoms with van der Waals surface area (Å²) in [6, 6.07) is 0. The van der Waals surface area contributed by atoms with Crippen LogP contribution in [0, 0.1) is 0 Å². The second-order valence-corrected chi connectivity index (χ2v) is 2.12. The number of aliphatic hydroxyl groups excluding tert-OH is 1. The van der Waals surface area contributed by atoms with E-state index in [1.807, 2.05) is 4.72 Å². The normalized spacial score (nSPS) is 12.0. The maximum Gasteiger partial charge on any atom is 0.456 e. The fourth-order valence-electron chi connectivity index (χ4n) is 0.179. The fourth-order valence-corrected chi connectivity index (χ4v) is 0.536. The van der Waals surface area contributed by atoms with Gasteiger partial charge in [0.2, 0.25) is 0 Å². The number of rotatable bonds is 3. The molecule has 0 aliphatic rings. The lowest BCUT2D eigenvalue weighted by molar-refractivity contribution is -0.0336. The van der Waals surface area contributed by atoms with Gasteiger partial charge in [0.15, 0.2) is 0 Å². The van der Waals surface area contributed by atoms with Gasteiger partial charge >= 0.3 is 5.51 Å². The quantitative estimate of drug-likeness (QED) is 0.473. The van der Waals surface area contributed by atoms with Crippen LogP contribution in [0.25, 0.3) is 0 Å². The minimum absolute atomic E-state index is 0.0514. The van der Waals surface area contributed by atoms with Crippen molar-refractivity contribution >= 4 is 11.9 Å². The van der Waals surface area contributed by atoms with Crippen LogP contribution in [0.2, 0.25) is 0 Å². The molecule has 6 heteroatoms. The molecule has 0 spiro atoms. The molecule has 2 N–H and O–H groups in total. The van der Waals surface area contributed by atoms with Crippen LogP contribution >= 0.6 is 11.9 Å². The lowest BCUT2D eigenvalue weighted by atomic mass is 10.8. The number of halogens is 3. The molecule has 0 saturated carbocycles. The fraction of sp³-hybridized carbons (Fsp3) is 1.00. The monoisotopic (exact) mass is 161 g/mol. The van der Waals surface area contributed by atoms with E-state index in [0.29, 0.717) is 0 Å². The molecule has 0 aromatic heterocycles. The molecule has 56 valence electrons. The summed E-state index contributed by atoms with van der Waals surface area (Å²) in [7, 11) is 0. The van der Waals surface area contributed by atoms with Crippen molar-refractivity contribution in [2.75, 3.05) is 13.2 Å². The Morgan fingerprint density at radius 1 is 1.44 bits per heavy atom. The minimum Gasteiger partial charge on any atom is -0.395 e. The molecule has 0 aromatic carbocycles. The van der Waals surface area contributed by atoms with E-state index in [0.717, 1.165) is 0 Å². The van der Waals surface area contributed by atoms with Crippen molar-refractivity contribution in [3.8, 4) is 0 Å². The predicted molar refractivity (Wildman–Crippen MR) is 28.7 cm³/mol. The maximum absolute atomic E-state index is 11.2. The summed E-state index contributed by atoms with van der Waals surface area (Å²) < 4.78 is 35.5. The van der Waals surface area contributed by atoms with E-state index in [4.69, 9.17) is 5.11 Å². The lowest BCUT2D eigenvalue weighted by Gasteiger charge is -2.03. The van der Waals surface area contributed by atoms with Crippen molar-refractivity contribution in [1.82, 2.24) is 4.72 Å². The van der Waals surface area contributed by atoms with Gasteiger partial charge in [0.1, 0.15) is 0 Å². The molecule has 0 atom stereocenters. The highest BCUT2D eigenvalue weighted by molar-refractivity contribution is 7.98. The summed E-state index contributed by atoms with van der Waals surface area (Å²) in [5.41, 5.74) is -4.25. The van der Waals surface area contributed by atoms with Gasteiger partial charge in [-0.15, -0.1) is 0 Å². The maximum atomic E-state index is 11.2. The van der Waals surface area contributed by atoms with Crippen LogP contribution in [0.3, 0.4) is 0 Å². The van der Waals surface area contributed by atoms with Crippen LogP contribution < -0.4 is 4.72 Å². The molecule has 0 bridgehead atoms. The van der Waals surface area contributed by atoms with Gasteiger partial charge in [-0.25, -0.2) is 0 Å². The van der Waals surface area contributed by atoms with Gasteiger partial charge in [0, 0.05) is 18.5 Å². The number of hydrogen-bond donors (Lipinski definition) is 2. The van der Waals surface area contributed by atoms with Crippen molar-refractivity contribution in [3.63, 3.8) is 0 Å². The van der Waals surface area contributed by atoms with Crippen LogP contribution in [0.4, 0.5) is 13.2 Å². The minimum atomic E-state index is -4.25. The molecule has 0 aliphatic heterocycles. The van der Waals surface area contributed by atoms with Crippen molar-refractivity contribution in [2.45, 2.75) is 5.51 Å². The van der Waals surface area contributed by atoms with Crippen LogP contribution in [0.15, 0.2) is 0 Å². The van der Waals surface area contributed by atoms with E-state index in [-0.39, 0.29) is 25.1 Å². The SMILES string of the molecule is OCCNSC(F)(F)F. The summed E-state index contributed by atoms with van der Waals surface area (Å²) >= 11 is -0.352. The third-order valence-corrected chi connectivity index (χ3v) is 0.982. The Balaban J connectivity index is 3.07. The molecule has 0 unspecified atom stereocenters. The molecule has 0 fully saturated rings. The highest BCUT2D eigenvalue weighted by Crippen LogP contribution is 2.26. The van der Waals surface area contributed by atoms with Crippen LogP contribution in [-0.4, -0.2) is 23.8 Å². The second kappa shape index (κ2) is 3.97. The first-order valence-electron chi connectivity index (χ1n) is 2.14. The van der Waals surface area contributed by atoms with Crippen LogP contribution in [-0.2, 0) is 0 Å². The Kier molecular flexibility index (Phi) is 4.00. The van der Waals surface area contributed by atoms with Crippen molar-refractivity contribution in [2.24, 2.45) is 0 Å². The zero-order valence-corrected chi connectivity index (χ0v) is 5.22. The van der Waals surface area contributed by atoms with E-state index in [2.05, 4.69) is 0 Å².